The largest absolute Gasteiger partial charge is 0.477 e. The molecule has 0 aliphatic rings. The molecule has 0 saturated heterocycles. The molecular weight excluding hydrogens is 1220 g/mol. The Morgan fingerprint density at radius 3 is 0.808 bits per heavy atom. The van der Waals surface area contributed by atoms with Crippen LogP contribution in [0.3, 0.4) is 0 Å². The SMILES string of the molecule is CC/C=C\C/C=C\C/C=C\C/C=C\C/C=C\C/C=C\C/C=C\C/C=C\C/C=C\C/C=C\C/C=C\CCCCCCCCCC(=O)OC(COC(=O)CCCCCCCCCC/C=C\C/C=C\C/C=C\C/C=C\C/C=C\C/C=C\C/C=C\C/C=C\CC)COC(OCC[N+](C)(C)C)C(=O)O. The molecule has 0 aromatic rings. The molecule has 0 spiro atoms. The summed E-state index contributed by atoms with van der Waals surface area (Å²) in [6.45, 7) is 4.60. The highest BCUT2D eigenvalue weighted by Crippen LogP contribution is 2.15. The molecule has 0 aromatic carbocycles. The van der Waals surface area contributed by atoms with E-state index >= 15 is 0 Å². The summed E-state index contributed by atoms with van der Waals surface area (Å²) in [5, 5.41) is 9.77. The third-order valence-corrected chi connectivity index (χ3v) is 15.4. The highest BCUT2D eigenvalue weighted by atomic mass is 16.7. The van der Waals surface area contributed by atoms with Crippen LogP contribution in [0.1, 0.15) is 258 Å². The van der Waals surface area contributed by atoms with Crippen molar-refractivity contribution < 1.29 is 42.9 Å². The molecule has 2 unspecified atom stereocenters. The highest BCUT2D eigenvalue weighted by Gasteiger charge is 2.25. The van der Waals surface area contributed by atoms with Crippen molar-refractivity contribution in [2.75, 3.05) is 47.5 Å². The monoisotopic (exact) mass is 1360 g/mol. The lowest BCUT2D eigenvalue weighted by molar-refractivity contribution is -0.870. The molecule has 9 heteroatoms. The van der Waals surface area contributed by atoms with E-state index in [9.17, 15) is 19.5 Å². The van der Waals surface area contributed by atoms with Crippen LogP contribution in [-0.2, 0) is 33.3 Å². The Labute approximate surface area is 606 Å². The fraction of sp³-hybridized carbons (Fsp3) is 0.544. The number of quaternary nitrogens is 1. The molecule has 9 nitrogen and oxygen atoms in total. The van der Waals surface area contributed by atoms with Gasteiger partial charge < -0.3 is 28.5 Å². The lowest BCUT2D eigenvalue weighted by Crippen LogP contribution is -2.40. The molecule has 0 heterocycles. The quantitative estimate of drug-likeness (QED) is 0.0211. The standard InChI is InChI=1S/C90H139NO8/c1-6-8-10-12-14-16-18-20-22-24-26-28-30-32-34-36-38-40-41-42-43-44-45-46-47-49-51-53-55-57-59-61-63-65-67-69-71-73-75-77-79-81-88(93)99-86(85-98-90(89(94)95)96-83-82-91(3,4)5)84-97-87(92)80-78-76-74-72-70-68-66-64-62-60-58-56-54-52-50-48-39-37-35-33-31-29-27-25-23-21-19-17-15-13-11-9-7-2/h8-11,14-17,20-23,26-29,32-35,38-40,42-43,45-46,48-49,51-52,54-55,57-58,60-61,63,86,90H,6-7,12-13,18-19,24-25,30-31,36-37,41,44,47,50,53,56,59,62,64-85H2,1-5H3/p+1/b10-8-,11-9-,16-14-,17-15-,22-20-,23-21-,28-26-,29-27-,34-32-,35-33-,40-38-,43-42-,46-45-,48-39-,51-49-,54-52-,57-55-,60-58-,63-61-. The summed E-state index contributed by atoms with van der Waals surface area (Å²) >= 11 is 0. The first-order chi connectivity index (χ1) is 48.6. The van der Waals surface area contributed by atoms with Crippen LogP contribution in [0.5, 0.6) is 0 Å². The van der Waals surface area contributed by atoms with E-state index in [0.29, 0.717) is 17.4 Å². The van der Waals surface area contributed by atoms with Gasteiger partial charge in [-0.15, -0.1) is 0 Å². The van der Waals surface area contributed by atoms with E-state index in [1.54, 1.807) is 0 Å². The van der Waals surface area contributed by atoms with Crippen molar-refractivity contribution in [1.82, 2.24) is 0 Å². The molecule has 0 amide bonds. The zero-order valence-corrected chi connectivity index (χ0v) is 63.0. The molecule has 0 aromatic heterocycles. The Morgan fingerprint density at radius 2 is 0.545 bits per heavy atom. The summed E-state index contributed by atoms with van der Waals surface area (Å²) in [4.78, 5) is 37.7. The second kappa shape index (κ2) is 77.1. The van der Waals surface area contributed by atoms with E-state index in [1.807, 2.05) is 21.1 Å². The number of carbonyl (C=O) groups is 3. The van der Waals surface area contributed by atoms with E-state index in [-0.39, 0.29) is 38.6 Å². The van der Waals surface area contributed by atoms with Crippen molar-refractivity contribution in [3.8, 4) is 0 Å². The van der Waals surface area contributed by atoms with Gasteiger partial charge >= 0.3 is 17.9 Å². The van der Waals surface area contributed by atoms with E-state index < -0.39 is 24.3 Å². The van der Waals surface area contributed by atoms with Gasteiger partial charge in [0.2, 0.25) is 0 Å². The molecule has 0 bridgehead atoms. The number of likely N-dealkylation sites (N-methyl/N-ethyl adjacent to an activating group) is 1. The third kappa shape index (κ3) is 78.6. The van der Waals surface area contributed by atoms with Crippen LogP contribution >= 0.6 is 0 Å². The summed E-state index contributed by atoms with van der Waals surface area (Å²) < 4.78 is 23.0. The van der Waals surface area contributed by atoms with Crippen LogP contribution in [0.25, 0.3) is 0 Å². The van der Waals surface area contributed by atoms with Gasteiger partial charge in [0.1, 0.15) is 13.2 Å². The summed E-state index contributed by atoms with van der Waals surface area (Å²) in [5.74, 6) is -2.06. The predicted molar refractivity (Wildman–Crippen MR) is 428 cm³/mol. The number of aliphatic carboxylic acids is 1. The molecule has 0 rings (SSSR count). The number of allylic oxidation sites excluding steroid dienone is 38. The number of unbranched alkanes of at least 4 members (excludes halogenated alkanes) is 15. The Kier molecular flexibility index (Phi) is 71.9. The Balaban J connectivity index is 4.22. The minimum Gasteiger partial charge on any atom is -0.477 e. The normalized spacial score (nSPS) is 14.0. The van der Waals surface area contributed by atoms with Crippen molar-refractivity contribution in [3.05, 3.63) is 231 Å². The van der Waals surface area contributed by atoms with Gasteiger partial charge in [0.05, 0.1) is 34.4 Å². The van der Waals surface area contributed by atoms with Gasteiger partial charge in [0, 0.05) is 12.8 Å². The first kappa shape index (κ1) is 92.4. The van der Waals surface area contributed by atoms with Crippen LogP contribution in [0.2, 0.25) is 0 Å². The lowest BCUT2D eigenvalue weighted by Gasteiger charge is -2.25. The van der Waals surface area contributed by atoms with Crippen molar-refractivity contribution in [2.24, 2.45) is 0 Å². The summed E-state index contributed by atoms with van der Waals surface area (Å²) in [7, 11) is 5.96. The molecule has 0 aliphatic carbocycles. The minimum absolute atomic E-state index is 0.171. The summed E-state index contributed by atoms with van der Waals surface area (Å²) in [6.07, 6.45) is 120. The third-order valence-electron chi connectivity index (χ3n) is 15.4. The van der Waals surface area contributed by atoms with Crippen molar-refractivity contribution in [3.63, 3.8) is 0 Å². The van der Waals surface area contributed by atoms with Gasteiger partial charge in [-0.1, -0.05) is 315 Å². The van der Waals surface area contributed by atoms with Gasteiger partial charge in [0.25, 0.3) is 6.29 Å². The van der Waals surface area contributed by atoms with Crippen LogP contribution in [0.4, 0.5) is 0 Å². The first-order valence-corrected chi connectivity index (χ1v) is 38.5. The van der Waals surface area contributed by atoms with Crippen molar-refractivity contribution in [1.29, 1.82) is 0 Å². The van der Waals surface area contributed by atoms with Crippen molar-refractivity contribution in [2.45, 2.75) is 270 Å². The molecule has 552 valence electrons. The number of esters is 2. The number of carboxylic acids is 1. The smallest absolute Gasteiger partial charge is 0.361 e. The highest BCUT2D eigenvalue weighted by molar-refractivity contribution is 5.71. The number of carboxylic acid groups (broad SMARTS) is 1. The topological polar surface area (TPSA) is 108 Å². The number of ether oxygens (including phenoxy) is 4. The van der Waals surface area contributed by atoms with Gasteiger partial charge in [0.15, 0.2) is 6.10 Å². The van der Waals surface area contributed by atoms with Gasteiger partial charge in [-0.2, -0.15) is 0 Å². The number of hydrogen-bond donors (Lipinski definition) is 1. The maximum atomic E-state index is 13.0. The van der Waals surface area contributed by atoms with Crippen LogP contribution < -0.4 is 0 Å². The van der Waals surface area contributed by atoms with Gasteiger partial charge in [-0.05, 0) is 161 Å². The maximum Gasteiger partial charge on any atom is 0.361 e. The van der Waals surface area contributed by atoms with Gasteiger partial charge in [-0.25, -0.2) is 4.79 Å². The molecule has 0 radical (unpaired) electrons. The number of nitrogens with zero attached hydrogens (tertiary/aromatic N) is 1. The predicted octanol–water partition coefficient (Wildman–Crippen LogP) is 25.0. The molecule has 1 N–H and O–H groups in total. The Morgan fingerprint density at radius 1 is 0.303 bits per heavy atom. The second-order valence-corrected chi connectivity index (χ2v) is 25.8. The second-order valence-electron chi connectivity index (χ2n) is 25.8. The Hall–Kier alpha value is -6.65. The number of carbonyl (C=O) groups excluding carboxylic acids is 2. The van der Waals surface area contributed by atoms with Crippen LogP contribution in [0, 0.1) is 0 Å². The van der Waals surface area contributed by atoms with E-state index in [2.05, 4.69) is 245 Å². The molecular formula is C90H140NO8+. The summed E-state index contributed by atoms with van der Waals surface area (Å²) in [5.41, 5.74) is 0. The van der Waals surface area contributed by atoms with E-state index in [1.165, 1.54) is 44.9 Å². The average Bonchev–Trinajstić information content (AvgIpc) is 2.62. The van der Waals surface area contributed by atoms with E-state index in [0.717, 1.165) is 180 Å². The Bertz CT molecular complexity index is 2490. The fourth-order valence-corrected chi connectivity index (χ4v) is 9.62. The van der Waals surface area contributed by atoms with Crippen molar-refractivity contribution >= 4 is 17.9 Å². The lowest BCUT2D eigenvalue weighted by atomic mass is 10.1. The minimum atomic E-state index is -1.53. The van der Waals surface area contributed by atoms with Crippen LogP contribution in [-0.4, -0.2) is 87.4 Å². The number of hydrogen-bond acceptors (Lipinski definition) is 7. The molecule has 0 saturated carbocycles. The molecule has 0 fully saturated rings. The summed E-state index contributed by atoms with van der Waals surface area (Å²) in [6, 6.07) is 0. The fourth-order valence-electron chi connectivity index (χ4n) is 9.62. The zero-order valence-electron chi connectivity index (χ0n) is 63.0. The number of rotatable bonds is 68. The zero-order chi connectivity index (χ0) is 71.8. The molecule has 2 atom stereocenters. The molecule has 0 aliphatic heterocycles. The van der Waals surface area contributed by atoms with Crippen LogP contribution in [0.15, 0.2) is 231 Å². The molecule has 99 heavy (non-hydrogen) atoms. The maximum absolute atomic E-state index is 13.0. The van der Waals surface area contributed by atoms with E-state index in [4.69, 9.17) is 18.9 Å². The van der Waals surface area contributed by atoms with Gasteiger partial charge in [-0.3, -0.25) is 9.59 Å². The average molecular weight is 1360 g/mol. The first-order valence-electron chi connectivity index (χ1n) is 38.5.